The molecule has 0 fully saturated rings. The first-order chi connectivity index (χ1) is 15.4. The number of esters is 1. The van der Waals surface area contributed by atoms with Crippen LogP contribution in [-0.2, 0) is 4.79 Å². The summed E-state index contributed by atoms with van der Waals surface area (Å²) in [6, 6.07) is 18.7. The van der Waals surface area contributed by atoms with Crippen LogP contribution >= 0.6 is 0 Å². The minimum Gasteiger partial charge on any atom is -0.493 e. The largest absolute Gasteiger partial charge is 0.493 e. The van der Waals surface area contributed by atoms with Crippen LogP contribution in [0.2, 0.25) is 0 Å². The Morgan fingerprint density at radius 1 is 1.03 bits per heavy atom. The molecule has 0 aromatic heterocycles. The smallest absolute Gasteiger partial charge is 0.343 e. The average Bonchev–Trinajstić information content (AvgIpc) is 2.80. The van der Waals surface area contributed by atoms with Crippen LogP contribution < -0.4 is 14.8 Å². The minimum absolute atomic E-state index is 0.105. The van der Waals surface area contributed by atoms with E-state index >= 15 is 0 Å². The van der Waals surface area contributed by atoms with Gasteiger partial charge in [-0.1, -0.05) is 24.3 Å². The third-order valence-electron chi connectivity index (χ3n) is 4.54. The van der Waals surface area contributed by atoms with Gasteiger partial charge in [-0.15, -0.1) is 0 Å². The Morgan fingerprint density at radius 2 is 1.75 bits per heavy atom. The maximum atomic E-state index is 13.0. The molecule has 6 nitrogen and oxygen atoms in total. The molecule has 160 valence electrons. The summed E-state index contributed by atoms with van der Waals surface area (Å²) < 4.78 is 23.7. The number of benzene rings is 3. The summed E-state index contributed by atoms with van der Waals surface area (Å²) in [6.45, 7) is 1.85. The number of anilines is 1. The maximum absolute atomic E-state index is 13.0. The molecule has 0 saturated heterocycles. The van der Waals surface area contributed by atoms with Crippen molar-refractivity contribution < 1.29 is 23.5 Å². The number of amides is 1. The number of para-hydroxylation sites is 1. The molecule has 0 saturated carbocycles. The second-order valence-electron chi connectivity index (χ2n) is 6.75. The van der Waals surface area contributed by atoms with E-state index in [1.54, 1.807) is 18.2 Å². The van der Waals surface area contributed by atoms with Gasteiger partial charge in [0.1, 0.15) is 17.5 Å². The molecule has 0 bridgehead atoms. The zero-order valence-electron chi connectivity index (χ0n) is 17.4. The Labute approximate surface area is 184 Å². The molecule has 0 unspecified atom stereocenters. The number of hydrogen-bond donors (Lipinski definition) is 1. The summed E-state index contributed by atoms with van der Waals surface area (Å²) in [7, 11) is 1.40. The van der Waals surface area contributed by atoms with Gasteiger partial charge >= 0.3 is 5.97 Å². The fourth-order valence-corrected chi connectivity index (χ4v) is 2.82. The fraction of sp³-hybridized carbons (Fsp3) is 0.0800. The summed E-state index contributed by atoms with van der Waals surface area (Å²) in [4.78, 5) is 24.8. The highest BCUT2D eigenvalue weighted by Gasteiger charge is 2.15. The maximum Gasteiger partial charge on any atom is 0.343 e. The fourth-order valence-electron chi connectivity index (χ4n) is 2.82. The van der Waals surface area contributed by atoms with Gasteiger partial charge in [0.2, 0.25) is 0 Å². The first-order valence-corrected chi connectivity index (χ1v) is 9.56. The third-order valence-corrected chi connectivity index (χ3v) is 4.54. The normalized spacial score (nSPS) is 10.8. The van der Waals surface area contributed by atoms with Crippen molar-refractivity contribution in [2.45, 2.75) is 6.92 Å². The Hall–Kier alpha value is -4.44. The van der Waals surface area contributed by atoms with E-state index in [4.69, 9.17) is 9.47 Å². The number of nitrogens with zero attached hydrogens (tertiary/aromatic N) is 1. The number of aryl methyl sites for hydroxylation is 1. The van der Waals surface area contributed by atoms with Crippen molar-refractivity contribution in [1.29, 1.82) is 5.26 Å². The van der Waals surface area contributed by atoms with Crippen molar-refractivity contribution in [2.24, 2.45) is 0 Å². The van der Waals surface area contributed by atoms with Crippen LogP contribution in [0.1, 0.15) is 21.5 Å². The molecule has 3 aromatic rings. The number of hydrogen-bond acceptors (Lipinski definition) is 5. The molecule has 0 radical (unpaired) electrons. The number of nitriles is 1. The molecular weight excluding hydrogens is 411 g/mol. The topological polar surface area (TPSA) is 88.4 Å². The molecule has 0 heterocycles. The summed E-state index contributed by atoms with van der Waals surface area (Å²) in [5.41, 5.74) is 2.05. The molecule has 0 aliphatic carbocycles. The highest BCUT2D eigenvalue weighted by Crippen LogP contribution is 2.30. The number of carbonyl (C=O) groups is 2. The SMILES string of the molecule is COc1cc(/C=C(\C#N)C(=O)Nc2ccccc2C)ccc1OC(=O)c1ccc(F)cc1. The van der Waals surface area contributed by atoms with Crippen molar-refractivity contribution in [1.82, 2.24) is 0 Å². The number of halogens is 1. The van der Waals surface area contributed by atoms with E-state index < -0.39 is 17.7 Å². The van der Waals surface area contributed by atoms with Gasteiger partial charge in [0, 0.05) is 5.69 Å². The Balaban J connectivity index is 1.80. The first kappa shape index (κ1) is 22.2. The van der Waals surface area contributed by atoms with Crippen molar-refractivity contribution >= 4 is 23.6 Å². The zero-order valence-corrected chi connectivity index (χ0v) is 17.4. The quantitative estimate of drug-likeness (QED) is 0.260. The van der Waals surface area contributed by atoms with Gasteiger partial charge in [-0.25, -0.2) is 9.18 Å². The zero-order chi connectivity index (χ0) is 23.1. The number of rotatable bonds is 6. The summed E-state index contributed by atoms with van der Waals surface area (Å²) in [5, 5.41) is 12.2. The van der Waals surface area contributed by atoms with Gasteiger partial charge < -0.3 is 14.8 Å². The summed E-state index contributed by atoms with van der Waals surface area (Å²) in [5.74, 6) is -1.32. The van der Waals surface area contributed by atoms with E-state index in [0.717, 1.165) is 17.7 Å². The van der Waals surface area contributed by atoms with Gasteiger partial charge in [-0.05, 0) is 66.6 Å². The second-order valence-corrected chi connectivity index (χ2v) is 6.75. The van der Waals surface area contributed by atoms with Gasteiger partial charge in [-0.3, -0.25) is 4.79 Å². The van der Waals surface area contributed by atoms with Crippen LogP contribution in [0.25, 0.3) is 6.08 Å². The highest BCUT2D eigenvalue weighted by molar-refractivity contribution is 6.10. The second kappa shape index (κ2) is 10.0. The number of ether oxygens (including phenoxy) is 2. The van der Waals surface area contributed by atoms with E-state index in [1.165, 1.54) is 37.5 Å². The molecular formula is C25H19FN2O4. The summed E-state index contributed by atoms with van der Waals surface area (Å²) >= 11 is 0. The lowest BCUT2D eigenvalue weighted by atomic mass is 10.1. The van der Waals surface area contributed by atoms with E-state index in [9.17, 15) is 19.2 Å². The van der Waals surface area contributed by atoms with E-state index in [2.05, 4.69) is 5.32 Å². The molecule has 32 heavy (non-hydrogen) atoms. The van der Waals surface area contributed by atoms with Crippen LogP contribution in [0.5, 0.6) is 11.5 Å². The average molecular weight is 430 g/mol. The number of methoxy groups -OCH3 is 1. The molecule has 0 aliphatic heterocycles. The van der Waals surface area contributed by atoms with Crippen LogP contribution in [0, 0.1) is 24.1 Å². The highest BCUT2D eigenvalue weighted by atomic mass is 19.1. The van der Waals surface area contributed by atoms with Gasteiger partial charge in [0.05, 0.1) is 12.7 Å². The Morgan fingerprint density at radius 3 is 2.41 bits per heavy atom. The molecule has 1 amide bonds. The lowest BCUT2D eigenvalue weighted by molar-refractivity contribution is -0.112. The number of nitrogens with one attached hydrogen (secondary N) is 1. The predicted molar refractivity (Wildman–Crippen MR) is 118 cm³/mol. The molecule has 1 N–H and O–H groups in total. The summed E-state index contributed by atoms with van der Waals surface area (Å²) in [6.07, 6.45) is 1.40. The molecule has 0 atom stereocenters. The molecule has 7 heteroatoms. The van der Waals surface area contributed by atoms with Crippen LogP contribution in [-0.4, -0.2) is 19.0 Å². The van der Waals surface area contributed by atoms with Crippen LogP contribution in [0.3, 0.4) is 0 Å². The predicted octanol–water partition coefficient (Wildman–Crippen LogP) is 4.91. The Bertz CT molecular complexity index is 1230. The molecule has 3 aromatic carbocycles. The van der Waals surface area contributed by atoms with Crippen molar-refractivity contribution in [2.75, 3.05) is 12.4 Å². The minimum atomic E-state index is -0.679. The van der Waals surface area contributed by atoms with Crippen molar-refractivity contribution in [3.05, 3.63) is 94.8 Å². The monoisotopic (exact) mass is 430 g/mol. The standard InChI is InChI=1S/C25H19FN2O4/c1-16-5-3-4-6-21(16)28-24(29)19(15-27)13-17-7-12-22(23(14-17)31-2)32-25(30)18-8-10-20(26)11-9-18/h3-14H,1-2H3,(H,28,29)/b19-13+. The molecule has 3 rings (SSSR count). The van der Waals surface area contributed by atoms with Crippen LogP contribution in [0.4, 0.5) is 10.1 Å². The van der Waals surface area contributed by atoms with Gasteiger partial charge in [-0.2, -0.15) is 5.26 Å². The molecule has 0 aliphatic rings. The number of carbonyl (C=O) groups excluding carboxylic acids is 2. The van der Waals surface area contributed by atoms with Gasteiger partial charge in [0.25, 0.3) is 5.91 Å². The lowest BCUT2D eigenvalue weighted by Crippen LogP contribution is -2.14. The first-order valence-electron chi connectivity index (χ1n) is 9.56. The molecule has 0 spiro atoms. The van der Waals surface area contributed by atoms with E-state index in [1.807, 2.05) is 25.1 Å². The van der Waals surface area contributed by atoms with E-state index in [-0.39, 0.29) is 22.6 Å². The lowest BCUT2D eigenvalue weighted by Gasteiger charge is -2.10. The van der Waals surface area contributed by atoms with Crippen LogP contribution in [0.15, 0.2) is 72.3 Å². The van der Waals surface area contributed by atoms with Crippen molar-refractivity contribution in [3.63, 3.8) is 0 Å². The van der Waals surface area contributed by atoms with E-state index in [0.29, 0.717) is 11.3 Å². The van der Waals surface area contributed by atoms with Crippen molar-refractivity contribution in [3.8, 4) is 17.6 Å². The Kier molecular flexibility index (Phi) is 6.99. The van der Waals surface area contributed by atoms with Gasteiger partial charge in [0.15, 0.2) is 11.5 Å². The third kappa shape index (κ3) is 5.37.